The van der Waals surface area contributed by atoms with E-state index < -0.39 is 5.82 Å². The van der Waals surface area contributed by atoms with Crippen molar-refractivity contribution < 1.29 is 14.2 Å². The lowest BCUT2D eigenvalue weighted by molar-refractivity contribution is 0.253. The normalized spacial score (nSPS) is 20.6. The summed E-state index contributed by atoms with van der Waals surface area (Å²) in [5.41, 5.74) is 1.41. The highest BCUT2D eigenvalue weighted by Crippen LogP contribution is 2.36. The summed E-state index contributed by atoms with van der Waals surface area (Å²) in [5.74, 6) is 0.436. The molecule has 2 aliphatic rings. The molecule has 2 aromatic heterocycles. The number of aromatic nitrogens is 4. The molecule has 1 aliphatic carbocycles. The first kappa shape index (κ1) is 21.5. The Morgan fingerprint density at radius 2 is 2.00 bits per heavy atom. The zero-order valence-electron chi connectivity index (χ0n) is 18.8. The molecule has 0 bridgehead atoms. The zero-order valence-corrected chi connectivity index (χ0v) is 18.8. The largest absolute Gasteiger partial charge is 0.507 e. The second kappa shape index (κ2) is 8.55. The van der Waals surface area contributed by atoms with E-state index >= 15 is 0 Å². The van der Waals surface area contributed by atoms with Crippen molar-refractivity contribution in [1.29, 1.82) is 0 Å². The van der Waals surface area contributed by atoms with Crippen LogP contribution >= 0.6 is 0 Å². The molecule has 0 spiro atoms. The number of hydrogen-bond donors (Lipinski definition) is 2. The van der Waals surface area contributed by atoms with Gasteiger partial charge in [-0.05, 0) is 50.5 Å². The van der Waals surface area contributed by atoms with E-state index in [1.165, 1.54) is 44.7 Å². The van der Waals surface area contributed by atoms with Crippen LogP contribution < -0.4 is 15.0 Å². The number of nitrogens with zero attached hydrogens (tertiary/aromatic N) is 5. The summed E-state index contributed by atoms with van der Waals surface area (Å²) in [4.78, 5) is 2.22. The van der Waals surface area contributed by atoms with Gasteiger partial charge >= 0.3 is 0 Å². The number of phenolic OH excluding ortho intramolecular Hbond substituents is 1. The van der Waals surface area contributed by atoms with Gasteiger partial charge in [0.15, 0.2) is 5.82 Å². The van der Waals surface area contributed by atoms with Gasteiger partial charge < -0.3 is 20.1 Å². The van der Waals surface area contributed by atoms with E-state index in [-0.39, 0.29) is 28.3 Å². The van der Waals surface area contributed by atoms with Gasteiger partial charge in [0.2, 0.25) is 5.88 Å². The molecule has 3 heterocycles. The first-order valence-corrected chi connectivity index (χ1v) is 11.2. The highest BCUT2D eigenvalue weighted by atomic mass is 19.1. The fourth-order valence-electron chi connectivity index (χ4n) is 4.54. The van der Waals surface area contributed by atoms with Gasteiger partial charge in [-0.15, -0.1) is 15.3 Å². The molecule has 1 saturated heterocycles. The van der Waals surface area contributed by atoms with Crippen molar-refractivity contribution in [1.82, 2.24) is 25.7 Å². The molecule has 1 saturated carbocycles. The first-order chi connectivity index (χ1) is 15.9. The summed E-state index contributed by atoms with van der Waals surface area (Å²) >= 11 is 0. The molecular weight excluding hydrogens is 423 g/mol. The second-order valence-corrected chi connectivity index (χ2v) is 9.12. The van der Waals surface area contributed by atoms with Crippen LogP contribution in [0.4, 0.5) is 10.2 Å². The van der Waals surface area contributed by atoms with Gasteiger partial charge in [-0.3, -0.25) is 0 Å². The summed E-state index contributed by atoms with van der Waals surface area (Å²) in [6.45, 7) is 4.04. The van der Waals surface area contributed by atoms with Crippen LogP contribution in [0.5, 0.6) is 11.6 Å². The summed E-state index contributed by atoms with van der Waals surface area (Å²) in [5, 5.41) is 30.6. The van der Waals surface area contributed by atoms with E-state index in [1.54, 1.807) is 12.1 Å². The minimum Gasteiger partial charge on any atom is -0.507 e. The molecule has 3 aromatic rings. The number of nitrogens with one attached hydrogen (secondary N) is 1. The topological polar surface area (TPSA) is 96.3 Å². The Balaban J connectivity index is 1.34. The number of benzene rings is 1. The smallest absolute Gasteiger partial charge is 0.233 e. The average molecular weight is 451 g/mol. The van der Waals surface area contributed by atoms with Crippen molar-refractivity contribution in [2.24, 2.45) is 0 Å². The molecule has 2 fully saturated rings. The summed E-state index contributed by atoms with van der Waals surface area (Å²) in [7, 11) is 1.46. The van der Waals surface area contributed by atoms with Gasteiger partial charge in [-0.25, -0.2) is 4.39 Å². The van der Waals surface area contributed by atoms with Gasteiger partial charge in [-0.2, -0.15) is 5.10 Å². The van der Waals surface area contributed by atoms with E-state index in [1.807, 2.05) is 6.07 Å². The Hall–Kier alpha value is -3.33. The van der Waals surface area contributed by atoms with Crippen LogP contribution in [-0.4, -0.2) is 57.3 Å². The number of rotatable bonds is 6. The van der Waals surface area contributed by atoms with Crippen molar-refractivity contribution in [2.45, 2.75) is 44.2 Å². The Morgan fingerprint density at radius 1 is 1.15 bits per heavy atom. The van der Waals surface area contributed by atoms with Crippen LogP contribution in [0.15, 0.2) is 36.5 Å². The maximum atomic E-state index is 14.9. The molecule has 9 heteroatoms. The van der Waals surface area contributed by atoms with Crippen LogP contribution in [0.1, 0.15) is 32.6 Å². The molecule has 1 aromatic carbocycles. The van der Waals surface area contributed by atoms with E-state index in [0.29, 0.717) is 17.3 Å². The fraction of sp³-hybridized carbons (Fsp3) is 0.417. The van der Waals surface area contributed by atoms with Crippen LogP contribution in [0.25, 0.3) is 22.4 Å². The number of phenols is 1. The molecule has 0 amide bonds. The first-order valence-electron chi connectivity index (χ1n) is 11.2. The van der Waals surface area contributed by atoms with Gasteiger partial charge in [0.25, 0.3) is 0 Å². The number of ether oxygens (including phenoxy) is 1. The summed E-state index contributed by atoms with van der Waals surface area (Å²) in [6.07, 6.45) is 6.29. The molecule has 1 atom stereocenters. The van der Waals surface area contributed by atoms with Gasteiger partial charge in [-0.1, -0.05) is 6.42 Å². The third-order valence-electron chi connectivity index (χ3n) is 6.62. The predicted molar refractivity (Wildman–Crippen MR) is 123 cm³/mol. The van der Waals surface area contributed by atoms with Crippen LogP contribution in [-0.2, 0) is 0 Å². The standard InChI is InChI=1S/C24H27FN6O2/c1-24(27-16-4-3-5-16)8-9-31(14-24)22-7-6-20(28-29-22)18-11-19(25)17(12-21(18)32)15-10-23(33-2)30-26-13-15/h6-7,10-13,16,27,32H,3-5,8-9,14H2,1-2H3. The Kier molecular flexibility index (Phi) is 5.57. The van der Waals surface area contributed by atoms with Crippen LogP contribution in [0.3, 0.4) is 0 Å². The van der Waals surface area contributed by atoms with Crippen molar-refractivity contribution in [3.8, 4) is 34.0 Å². The Labute approximate surface area is 191 Å². The average Bonchev–Trinajstić information content (AvgIpc) is 3.20. The third kappa shape index (κ3) is 4.32. The van der Waals surface area contributed by atoms with Gasteiger partial charge in [0.1, 0.15) is 11.6 Å². The molecule has 5 rings (SSSR count). The minimum absolute atomic E-state index is 0.0765. The Bertz CT molecular complexity index is 1150. The lowest BCUT2D eigenvalue weighted by Crippen LogP contribution is -2.52. The highest BCUT2D eigenvalue weighted by molar-refractivity contribution is 5.75. The van der Waals surface area contributed by atoms with Gasteiger partial charge in [0.05, 0.1) is 19.0 Å². The number of anilines is 1. The lowest BCUT2D eigenvalue weighted by atomic mass is 9.89. The highest BCUT2D eigenvalue weighted by Gasteiger charge is 2.37. The molecular formula is C24H27FN6O2. The SMILES string of the molecule is COc1cc(-c2cc(O)c(-c3ccc(N4CCC(C)(NC5CCC5)C4)nn3)cc2F)cnn1. The number of halogens is 1. The van der Waals surface area contributed by atoms with Gasteiger partial charge in [0, 0.05) is 47.4 Å². The van der Waals surface area contributed by atoms with Crippen molar-refractivity contribution in [3.63, 3.8) is 0 Å². The van der Waals surface area contributed by atoms with Crippen molar-refractivity contribution in [2.75, 3.05) is 25.1 Å². The zero-order chi connectivity index (χ0) is 23.0. The lowest BCUT2D eigenvalue weighted by Gasteiger charge is -2.36. The van der Waals surface area contributed by atoms with Crippen molar-refractivity contribution >= 4 is 5.82 Å². The van der Waals surface area contributed by atoms with E-state index in [4.69, 9.17) is 4.74 Å². The maximum absolute atomic E-state index is 14.9. The van der Waals surface area contributed by atoms with E-state index in [0.717, 1.165) is 25.3 Å². The quantitative estimate of drug-likeness (QED) is 0.589. The fourth-order valence-corrected chi connectivity index (χ4v) is 4.54. The Morgan fingerprint density at radius 3 is 2.70 bits per heavy atom. The molecule has 8 nitrogen and oxygen atoms in total. The molecule has 33 heavy (non-hydrogen) atoms. The summed E-state index contributed by atoms with van der Waals surface area (Å²) < 4.78 is 20.0. The summed E-state index contributed by atoms with van der Waals surface area (Å²) in [6, 6.07) is 8.45. The number of methoxy groups -OCH3 is 1. The minimum atomic E-state index is -0.513. The number of hydrogen-bond acceptors (Lipinski definition) is 8. The molecule has 0 radical (unpaired) electrons. The van der Waals surface area contributed by atoms with Crippen LogP contribution in [0, 0.1) is 5.82 Å². The monoisotopic (exact) mass is 450 g/mol. The molecule has 1 aliphatic heterocycles. The number of aromatic hydroxyl groups is 1. The molecule has 2 N–H and O–H groups in total. The van der Waals surface area contributed by atoms with E-state index in [2.05, 4.69) is 37.5 Å². The second-order valence-electron chi connectivity index (χ2n) is 9.12. The van der Waals surface area contributed by atoms with E-state index in [9.17, 15) is 9.50 Å². The predicted octanol–water partition coefficient (Wildman–Crippen LogP) is 3.56. The third-order valence-corrected chi connectivity index (χ3v) is 6.62. The van der Waals surface area contributed by atoms with Crippen LogP contribution in [0.2, 0.25) is 0 Å². The maximum Gasteiger partial charge on any atom is 0.233 e. The van der Waals surface area contributed by atoms with Crippen molar-refractivity contribution in [3.05, 3.63) is 42.3 Å². The molecule has 172 valence electrons. The molecule has 1 unspecified atom stereocenters.